The summed E-state index contributed by atoms with van der Waals surface area (Å²) in [5, 5.41) is 3.68. The van der Waals surface area contributed by atoms with E-state index in [0.717, 1.165) is 38.0 Å². The molecule has 4 heteroatoms. The second-order valence-electron chi connectivity index (χ2n) is 5.35. The summed E-state index contributed by atoms with van der Waals surface area (Å²) < 4.78 is 13.6. The zero-order valence-corrected chi connectivity index (χ0v) is 12.4. The first-order valence-corrected chi connectivity index (χ1v) is 7.37. The average molecular weight is 285 g/mol. The number of hydrogen-bond acceptors (Lipinski definition) is 2. The molecule has 19 heavy (non-hydrogen) atoms. The van der Waals surface area contributed by atoms with Gasteiger partial charge in [0.2, 0.25) is 0 Å². The van der Waals surface area contributed by atoms with E-state index in [4.69, 9.17) is 11.6 Å². The molecule has 0 radical (unpaired) electrons. The molecule has 2 nitrogen and oxygen atoms in total. The summed E-state index contributed by atoms with van der Waals surface area (Å²) in [6, 6.07) is 5.48. The van der Waals surface area contributed by atoms with Crippen LogP contribution < -0.4 is 5.32 Å². The Morgan fingerprint density at radius 2 is 2.26 bits per heavy atom. The van der Waals surface area contributed by atoms with E-state index >= 15 is 0 Å². The molecule has 2 atom stereocenters. The molecule has 2 unspecified atom stereocenters. The van der Waals surface area contributed by atoms with Crippen molar-refractivity contribution in [2.24, 2.45) is 5.92 Å². The molecule has 0 spiro atoms. The van der Waals surface area contributed by atoms with Gasteiger partial charge in [0.25, 0.3) is 0 Å². The van der Waals surface area contributed by atoms with Crippen molar-refractivity contribution in [3.8, 4) is 0 Å². The van der Waals surface area contributed by atoms with Crippen molar-refractivity contribution in [3.05, 3.63) is 34.6 Å². The highest BCUT2D eigenvalue weighted by atomic mass is 35.5. The number of likely N-dealkylation sites (tertiary alicyclic amines) is 1. The van der Waals surface area contributed by atoms with E-state index in [1.54, 1.807) is 12.1 Å². The lowest BCUT2D eigenvalue weighted by Crippen LogP contribution is -2.29. The maximum Gasteiger partial charge on any atom is 0.142 e. The molecule has 1 aromatic rings. The Hall–Kier alpha value is -0.640. The summed E-state index contributed by atoms with van der Waals surface area (Å²) in [4.78, 5) is 2.31. The van der Waals surface area contributed by atoms with Crippen LogP contribution in [0.4, 0.5) is 4.39 Å². The van der Waals surface area contributed by atoms with E-state index in [0.29, 0.717) is 5.92 Å². The van der Waals surface area contributed by atoms with E-state index < -0.39 is 0 Å². The van der Waals surface area contributed by atoms with Crippen LogP contribution in [0.1, 0.15) is 31.4 Å². The Morgan fingerprint density at radius 1 is 1.47 bits per heavy atom. The van der Waals surface area contributed by atoms with Gasteiger partial charge in [0, 0.05) is 6.04 Å². The molecular weight excluding hydrogens is 263 g/mol. The van der Waals surface area contributed by atoms with Crippen LogP contribution in [0.15, 0.2) is 18.2 Å². The van der Waals surface area contributed by atoms with Gasteiger partial charge in [-0.3, -0.25) is 4.90 Å². The van der Waals surface area contributed by atoms with Crippen LogP contribution in [0.2, 0.25) is 5.02 Å². The Bertz CT molecular complexity index is 425. The largest absolute Gasteiger partial charge is 0.316 e. The van der Waals surface area contributed by atoms with Gasteiger partial charge in [-0.05, 0) is 63.1 Å². The molecule has 0 saturated carbocycles. The second-order valence-corrected chi connectivity index (χ2v) is 5.76. The van der Waals surface area contributed by atoms with Crippen LogP contribution >= 0.6 is 11.6 Å². The van der Waals surface area contributed by atoms with Gasteiger partial charge in [0.15, 0.2) is 0 Å². The number of rotatable bonds is 5. The van der Waals surface area contributed by atoms with Crippen molar-refractivity contribution in [2.75, 3.05) is 26.7 Å². The van der Waals surface area contributed by atoms with Crippen molar-refractivity contribution in [1.82, 2.24) is 10.2 Å². The van der Waals surface area contributed by atoms with Gasteiger partial charge in [-0.25, -0.2) is 4.39 Å². The van der Waals surface area contributed by atoms with Gasteiger partial charge in [0.05, 0.1) is 5.02 Å². The zero-order valence-electron chi connectivity index (χ0n) is 11.6. The van der Waals surface area contributed by atoms with Gasteiger partial charge in [-0.2, -0.15) is 0 Å². The van der Waals surface area contributed by atoms with Crippen molar-refractivity contribution < 1.29 is 4.39 Å². The van der Waals surface area contributed by atoms with Gasteiger partial charge in [-0.15, -0.1) is 0 Å². The normalized spacial score (nSPS) is 24.0. The zero-order chi connectivity index (χ0) is 13.8. The first-order valence-electron chi connectivity index (χ1n) is 6.99. The smallest absolute Gasteiger partial charge is 0.142 e. The topological polar surface area (TPSA) is 15.3 Å². The predicted molar refractivity (Wildman–Crippen MR) is 78.0 cm³/mol. The molecule has 1 aliphatic heterocycles. The highest BCUT2D eigenvalue weighted by molar-refractivity contribution is 6.30. The molecule has 2 rings (SSSR count). The third kappa shape index (κ3) is 3.47. The maximum absolute atomic E-state index is 13.6. The number of hydrogen-bond donors (Lipinski definition) is 1. The molecule has 1 aliphatic rings. The summed E-state index contributed by atoms with van der Waals surface area (Å²) in [6.07, 6.45) is 2.30. The van der Waals surface area contributed by atoms with Gasteiger partial charge in [0.1, 0.15) is 5.82 Å². The molecule has 0 bridgehead atoms. The van der Waals surface area contributed by atoms with Crippen molar-refractivity contribution in [3.63, 3.8) is 0 Å². The molecule has 1 aromatic carbocycles. The predicted octanol–water partition coefficient (Wildman–Crippen LogP) is 3.47. The van der Waals surface area contributed by atoms with Crippen LogP contribution in [0, 0.1) is 11.7 Å². The number of nitrogens with zero attached hydrogens (tertiary/aromatic N) is 1. The molecular formula is C15H22ClFN2. The Labute approximate surface area is 119 Å². The first-order chi connectivity index (χ1) is 9.13. The lowest BCUT2D eigenvalue weighted by Gasteiger charge is -2.26. The van der Waals surface area contributed by atoms with Crippen LogP contribution in [0.3, 0.4) is 0 Å². The summed E-state index contributed by atoms with van der Waals surface area (Å²) in [6.45, 7) is 5.27. The van der Waals surface area contributed by atoms with Crippen molar-refractivity contribution >= 4 is 11.6 Å². The van der Waals surface area contributed by atoms with Crippen molar-refractivity contribution in [2.45, 2.75) is 25.8 Å². The van der Waals surface area contributed by atoms with Gasteiger partial charge in [-0.1, -0.05) is 24.6 Å². The minimum absolute atomic E-state index is 0.199. The van der Waals surface area contributed by atoms with E-state index in [9.17, 15) is 4.39 Å². The first kappa shape index (κ1) is 14.8. The number of benzene rings is 1. The molecule has 1 saturated heterocycles. The highest BCUT2D eigenvalue weighted by Gasteiger charge is 2.32. The number of halogens is 2. The third-order valence-corrected chi connectivity index (χ3v) is 4.20. The Kier molecular flexibility index (Phi) is 5.20. The average Bonchev–Trinajstić information content (AvgIpc) is 2.75. The lowest BCUT2D eigenvalue weighted by atomic mass is 9.93. The molecule has 1 fully saturated rings. The molecule has 0 amide bonds. The molecule has 0 aromatic heterocycles. The number of nitrogens with one attached hydrogen (secondary N) is 1. The fourth-order valence-corrected chi connectivity index (χ4v) is 3.04. The lowest BCUT2D eigenvalue weighted by molar-refractivity contribution is 0.271. The summed E-state index contributed by atoms with van der Waals surface area (Å²) >= 11 is 5.76. The van der Waals surface area contributed by atoms with Gasteiger partial charge >= 0.3 is 0 Å². The fourth-order valence-electron chi connectivity index (χ4n) is 2.93. The second kappa shape index (κ2) is 6.69. The summed E-state index contributed by atoms with van der Waals surface area (Å²) in [5.41, 5.74) is 1.03. The highest BCUT2D eigenvalue weighted by Crippen LogP contribution is 2.36. The quantitative estimate of drug-likeness (QED) is 0.833. The molecule has 1 heterocycles. The maximum atomic E-state index is 13.6. The third-order valence-electron chi connectivity index (χ3n) is 3.89. The van der Waals surface area contributed by atoms with E-state index in [2.05, 4.69) is 24.2 Å². The molecule has 106 valence electrons. The Morgan fingerprint density at radius 3 is 2.95 bits per heavy atom. The van der Waals surface area contributed by atoms with Crippen LogP contribution in [0.25, 0.3) is 0 Å². The van der Waals surface area contributed by atoms with E-state index in [-0.39, 0.29) is 16.9 Å². The minimum Gasteiger partial charge on any atom is -0.316 e. The van der Waals surface area contributed by atoms with E-state index in [1.807, 2.05) is 6.07 Å². The SMILES string of the molecule is CCCNCC1CCN(C)C1c1ccc(Cl)c(F)c1. The minimum atomic E-state index is -0.320. The fraction of sp³-hybridized carbons (Fsp3) is 0.600. The Balaban J connectivity index is 2.11. The molecule has 1 N–H and O–H groups in total. The van der Waals surface area contributed by atoms with Crippen LogP contribution in [-0.4, -0.2) is 31.6 Å². The van der Waals surface area contributed by atoms with E-state index in [1.165, 1.54) is 0 Å². The molecule has 0 aliphatic carbocycles. The monoisotopic (exact) mass is 284 g/mol. The van der Waals surface area contributed by atoms with Crippen LogP contribution in [-0.2, 0) is 0 Å². The summed E-state index contributed by atoms with van der Waals surface area (Å²) in [7, 11) is 2.11. The van der Waals surface area contributed by atoms with Crippen molar-refractivity contribution in [1.29, 1.82) is 0 Å². The van der Waals surface area contributed by atoms with Gasteiger partial charge < -0.3 is 5.32 Å². The standard InChI is InChI=1S/C15H22ClFN2/c1-3-7-18-10-12-6-8-19(2)15(12)11-4-5-13(16)14(17)9-11/h4-5,9,12,15,18H,3,6-8,10H2,1-2H3. The summed E-state index contributed by atoms with van der Waals surface area (Å²) in [5.74, 6) is 0.219. The van der Waals surface area contributed by atoms with Crippen LogP contribution in [0.5, 0.6) is 0 Å².